The van der Waals surface area contributed by atoms with E-state index in [1.165, 1.54) is 0 Å². The third kappa shape index (κ3) is 5.79. The monoisotopic (exact) mass is 362 g/mol. The van der Waals surface area contributed by atoms with Gasteiger partial charge in [0.15, 0.2) is 0 Å². The number of carbonyl (C=O) groups excluding carboxylic acids is 1. The third-order valence-electron chi connectivity index (χ3n) is 2.59. The van der Waals surface area contributed by atoms with E-state index < -0.39 is 17.5 Å². The maximum absolute atomic E-state index is 11.9. The number of aliphatic carboxylic acids is 1. The zero-order valence-electron chi connectivity index (χ0n) is 11.2. The number of hydrogen-bond acceptors (Lipinski definition) is 2. The zero-order chi connectivity index (χ0) is 15.3. The van der Waals surface area contributed by atoms with E-state index in [0.717, 1.165) is 4.47 Å². The summed E-state index contributed by atoms with van der Waals surface area (Å²) in [7, 11) is 0. The zero-order valence-corrected chi connectivity index (χ0v) is 13.5. The van der Waals surface area contributed by atoms with Crippen LogP contribution in [0.25, 0.3) is 0 Å². The molecule has 0 atom stereocenters. The van der Waals surface area contributed by atoms with Crippen molar-refractivity contribution in [2.75, 3.05) is 5.32 Å². The van der Waals surface area contributed by atoms with Crippen molar-refractivity contribution in [3.63, 3.8) is 0 Å². The summed E-state index contributed by atoms with van der Waals surface area (Å²) in [4.78, 5) is 22.4. The number of halogens is 2. The molecule has 20 heavy (non-hydrogen) atoms. The summed E-state index contributed by atoms with van der Waals surface area (Å²) >= 11 is 9.27. The van der Waals surface area contributed by atoms with Crippen LogP contribution in [-0.2, 0) is 4.79 Å². The number of anilines is 1. The van der Waals surface area contributed by atoms with Crippen molar-refractivity contribution in [1.29, 1.82) is 0 Å². The molecule has 0 aliphatic carbocycles. The van der Waals surface area contributed by atoms with Gasteiger partial charge < -0.3 is 15.7 Å². The average Bonchev–Trinajstić information content (AvgIpc) is 2.31. The molecular formula is C13H16BrClN2O3. The molecule has 0 bridgehead atoms. The Morgan fingerprint density at radius 2 is 2.05 bits per heavy atom. The van der Waals surface area contributed by atoms with Crippen molar-refractivity contribution in [3.05, 3.63) is 27.7 Å². The smallest absolute Gasteiger partial charge is 0.319 e. The number of benzene rings is 1. The van der Waals surface area contributed by atoms with Crippen LogP contribution in [0.3, 0.4) is 0 Å². The second kappa shape index (κ2) is 6.95. The topological polar surface area (TPSA) is 78.4 Å². The van der Waals surface area contributed by atoms with Crippen molar-refractivity contribution in [1.82, 2.24) is 5.32 Å². The van der Waals surface area contributed by atoms with Gasteiger partial charge in [-0.25, -0.2) is 4.79 Å². The fourth-order valence-electron chi connectivity index (χ4n) is 1.54. The first-order valence-electron chi connectivity index (χ1n) is 5.95. The van der Waals surface area contributed by atoms with Gasteiger partial charge >= 0.3 is 12.0 Å². The first kappa shape index (κ1) is 16.8. The molecule has 110 valence electrons. The lowest BCUT2D eigenvalue weighted by Crippen LogP contribution is -2.45. The highest BCUT2D eigenvalue weighted by Crippen LogP contribution is 2.25. The summed E-state index contributed by atoms with van der Waals surface area (Å²) in [5, 5.41) is 14.4. The molecule has 0 radical (unpaired) electrons. The number of carboxylic acids is 1. The van der Waals surface area contributed by atoms with Crippen LogP contribution in [0.2, 0.25) is 5.02 Å². The summed E-state index contributed by atoms with van der Waals surface area (Å²) in [5.74, 6) is -0.893. The molecule has 0 saturated carbocycles. The first-order valence-corrected chi connectivity index (χ1v) is 7.13. The molecule has 2 amide bonds. The Morgan fingerprint density at radius 1 is 1.40 bits per heavy atom. The van der Waals surface area contributed by atoms with E-state index in [4.69, 9.17) is 16.7 Å². The fraction of sp³-hybridized carbons (Fsp3) is 0.385. The van der Waals surface area contributed by atoms with Crippen molar-refractivity contribution in [2.45, 2.75) is 32.2 Å². The standard InChI is InChI=1S/C13H16BrClN2O3/c1-13(2,6-5-11(18)19)17-12(20)16-10-7-8(14)3-4-9(10)15/h3-4,7H,5-6H2,1-2H3,(H,18,19)(H2,16,17,20). The normalized spacial score (nSPS) is 11.0. The van der Waals surface area contributed by atoms with Crippen LogP contribution >= 0.6 is 27.5 Å². The Hall–Kier alpha value is -1.27. The van der Waals surface area contributed by atoms with Gasteiger partial charge in [-0.05, 0) is 38.5 Å². The molecule has 0 saturated heterocycles. The summed E-state index contributed by atoms with van der Waals surface area (Å²) in [6.45, 7) is 3.52. The van der Waals surface area contributed by atoms with Gasteiger partial charge in [0.05, 0.1) is 10.7 Å². The minimum Gasteiger partial charge on any atom is -0.481 e. The van der Waals surface area contributed by atoms with Gasteiger partial charge in [-0.3, -0.25) is 4.79 Å². The Kier molecular flexibility index (Phi) is 5.83. The molecule has 0 spiro atoms. The highest BCUT2D eigenvalue weighted by molar-refractivity contribution is 9.10. The molecule has 3 N–H and O–H groups in total. The van der Waals surface area contributed by atoms with Crippen molar-refractivity contribution in [3.8, 4) is 0 Å². The quantitative estimate of drug-likeness (QED) is 0.743. The van der Waals surface area contributed by atoms with Crippen LogP contribution in [0.15, 0.2) is 22.7 Å². The molecule has 7 heteroatoms. The molecule has 0 aliphatic heterocycles. The van der Waals surface area contributed by atoms with Crippen LogP contribution in [0.5, 0.6) is 0 Å². The second-order valence-corrected chi connectivity index (χ2v) is 6.30. The van der Waals surface area contributed by atoms with E-state index >= 15 is 0 Å². The van der Waals surface area contributed by atoms with E-state index in [2.05, 4.69) is 26.6 Å². The number of carbonyl (C=O) groups is 2. The fourth-order valence-corrected chi connectivity index (χ4v) is 2.06. The highest BCUT2D eigenvalue weighted by Gasteiger charge is 2.21. The van der Waals surface area contributed by atoms with Gasteiger partial charge in [0, 0.05) is 16.4 Å². The summed E-state index contributed by atoms with van der Waals surface area (Å²) < 4.78 is 0.794. The van der Waals surface area contributed by atoms with Crippen LogP contribution in [0.4, 0.5) is 10.5 Å². The van der Waals surface area contributed by atoms with Gasteiger partial charge in [-0.15, -0.1) is 0 Å². The molecule has 1 aromatic rings. The number of hydrogen-bond donors (Lipinski definition) is 3. The molecule has 5 nitrogen and oxygen atoms in total. The minimum atomic E-state index is -0.893. The molecular weight excluding hydrogens is 348 g/mol. The van der Waals surface area contributed by atoms with Gasteiger partial charge in [-0.2, -0.15) is 0 Å². The maximum atomic E-state index is 11.9. The Morgan fingerprint density at radius 3 is 2.65 bits per heavy atom. The average molecular weight is 364 g/mol. The molecule has 0 heterocycles. The molecule has 0 aromatic heterocycles. The van der Waals surface area contributed by atoms with Crippen molar-refractivity contribution in [2.24, 2.45) is 0 Å². The van der Waals surface area contributed by atoms with E-state index in [0.29, 0.717) is 17.1 Å². The lowest BCUT2D eigenvalue weighted by molar-refractivity contribution is -0.137. The number of urea groups is 1. The van der Waals surface area contributed by atoms with E-state index in [1.807, 2.05) is 0 Å². The predicted octanol–water partition coefficient (Wildman–Crippen LogP) is 3.87. The predicted molar refractivity (Wildman–Crippen MR) is 82.3 cm³/mol. The van der Waals surface area contributed by atoms with E-state index in [-0.39, 0.29) is 6.42 Å². The maximum Gasteiger partial charge on any atom is 0.319 e. The number of nitrogens with one attached hydrogen (secondary N) is 2. The van der Waals surface area contributed by atoms with E-state index in [9.17, 15) is 9.59 Å². The van der Waals surface area contributed by atoms with Gasteiger partial charge in [-0.1, -0.05) is 27.5 Å². The van der Waals surface area contributed by atoms with Crippen LogP contribution in [-0.4, -0.2) is 22.6 Å². The molecule has 1 rings (SSSR count). The number of carboxylic acid groups (broad SMARTS) is 1. The number of amides is 2. The van der Waals surface area contributed by atoms with Gasteiger partial charge in [0.2, 0.25) is 0 Å². The Balaban J connectivity index is 2.63. The molecule has 0 unspecified atom stereocenters. The van der Waals surface area contributed by atoms with Crippen molar-refractivity contribution < 1.29 is 14.7 Å². The lowest BCUT2D eigenvalue weighted by atomic mass is 9.99. The van der Waals surface area contributed by atoms with E-state index in [1.54, 1.807) is 32.0 Å². The molecule has 0 fully saturated rings. The molecule has 1 aromatic carbocycles. The lowest BCUT2D eigenvalue weighted by Gasteiger charge is -2.25. The Bertz CT molecular complexity index is 520. The summed E-state index contributed by atoms with van der Waals surface area (Å²) in [5.41, 5.74) is -0.145. The van der Waals surface area contributed by atoms with Crippen LogP contribution in [0, 0.1) is 0 Å². The highest BCUT2D eigenvalue weighted by atomic mass is 79.9. The first-order chi connectivity index (χ1) is 9.19. The minimum absolute atomic E-state index is 0.00901. The Labute approximate surface area is 130 Å². The largest absolute Gasteiger partial charge is 0.481 e. The summed E-state index contributed by atoms with van der Waals surface area (Å²) in [6.07, 6.45) is 0.326. The SMILES string of the molecule is CC(C)(CCC(=O)O)NC(=O)Nc1cc(Br)ccc1Cl. The number of rotatable bonds is 5. The van der Waals surface area contributed by atoms with Gasteiger partial charge in [0.1, 0.15) is 0 Å². The second-order valence-electron chi connectivity index (χ2n) is 4.98. The summed E-state index contributed by atoms with van der Waals surface area (Å²) in [6, 6.07) is 4.69. The third-order valence-corrected chi connectivity index (χ3v) is 3.42. The van der Waals surface area contributed by atoms with Crippen LogP contribution < -0.4 is 10.6 Å². The molecule has 0 aliphatic rings. The van der Waals surface area contributed by atoms with Crippen molar-refractivity contribution >= 4 is 45.2 Å². The van der Waals surface area contributed by atoms with Gasteiger partial charge in [0.25, 0.3) is 0 Å². The van der Waals surface area contributed by atoms with Crippen LogP contribution in [0.1, 0.15) is 26.7 Å².